The van der Waals surface area contributed by atoms with E-state index in [2.05, 4.69) is 10.1 Å². The molecule has 0 heterocycles. The Morgan fingerprint density at radius 2 is 1.74 bits per heavy atom. The van der Waals surface area contributed by atoms with Crippen LogP contribution in [0.15, 0.2) is 24.3 Å². The number of methoxy groups -OCH3 is 1. The summed E-state index contributed by atoms with van der Waals surface area (Å²) in [5, 5.41) is 2.48. The molecule has 0 aromatic heterocycles. The van der Waals surface area contributed by atoms with Crippen molar-refractivity contribution in [1.82, 2.24) is 5.32 Å². The second kappa shape index (κ2) is 11.1. The lowest BCUT2D eigenvalue weighted by molar-refractivity contribution is -0.151. The van der Waals surface area contributed by atoms with Gasteiger partial charge in [-0.3, -0.25) is 14.4 Å². The van der Waals surface area contributed by atoms with Gasteiger partial charge < -0.3 is 14.8 Å². The van der Waals surface area contributed by atoms with Crippen molar-refractivity contribution in [1.29, 1.82) is 0 Å². The molecule has 0 aliphatic rings. The average molecular weight is 381 g/mol. The normalized spacial score (nSPS) is 12.6. The van der Waals surface area contributed by atoms with E-state index in [4.69, 9.17) is 4.74 Å². The van der Waals surface area contributed by atoms with Gasteiger partial charge in [-0.25, -0.2) is 9.18 Å². The van der Waals surface area contributed by atoms with Gasteiger partial charge in [0.05, 0.1) is 13.5 Å². The van der Waals surface area contributed by atoms with E-state index >= 15 is 0 Å². The summed E-state index contributed by atoms with van der Waals surface area (Å²) < 4.78 is 22.3. The molecule has 0 aliphatic carbocycles. The van der Waals surface area contributed by atoms with Crippen molar-refractivity contribution >= 4 is 23.6 Å². The molecule has 2 atom stereocenters. The molecule has 1 aromatic rings. The number of carbonyl (C=O) groups is 4. The fourth-order valence-corrected chi connectivity index (χ4v) is 2.23. The van der Waals surface area contributed by atoms with Crippen LogP contribution in [0.1, 0.15) is 43.5 Å². The fourth-order valence-electron chi connectivity index (χ4n) is 2.23. The SMILES string of the molecule is CC[C@H](C)[C@@H](NC(=O)COC(=O)CCC(=O)c1ccc(F)cc1)C(=O)OC. The van der Waals surface area contributed by atoms with Gasteiger partial charge in [0.25, 0.3) is 5.91 Å². The van der Waals surface area contributed by atoms with Gasteiger partial charge in [-0.2, -0.15) is 0 Å². The lowest BCUT2D eigenvalue weighted by Gasteiger charge is -2.21. The van der Waals surface area contributed by atoms with E-state index in [0.717, 1.165) is 12.1 Å². The maximum Gasteiger partial charge on any atom is 0.328 e. The van der Waals surface area contributed by atoms with Crippen LogP contribution in [-0.4, -0.2) is 43.4 Å². The van der Waals surface area contributed by atoms with Crippen molar-refractivity contribution in [2.24, 2.45) is 5.92 Å². The van der Waals surface area contributed by atoms with E-state index in [1.807, 2.05) is 6.92 Å². The molecule has 7 nitrogen and oxygen atoms in total. The molecule has 1 aromatic carbocycles. The molecule has 0 spiro atoms. The van der Waals surface area contributed by atoms with Crippen LogP contribution in [0.3, 0.4) is 0 Å². The summed E-state index contributed by atoms with van der Waals surface area (Å²) in [6.07, 6.45) is 0.310. The molecular weight excluding hydrogens is 357 g/mol. The van der Waals surface area contributed by atoms with Crippen molar-refractivity contribution in [3.05, 3.63) is 35.6 Å². The summed E-state index contributed by atoms with van der Waals surface area (Å²) in [7, 11) is 1.22. The summed E-state index contributed by atoms with van der Waals surface area (Å²) in [4.78, 5) is 47.2. The molecule has 0 aliphatic heterocycles. The Morgan fingerprint density at radius 1 is 1.11 bits per heavy atom. The van der Waals surface area contributed by atoms with Crippen LogP contribution < -0.4 is 5.32 Å². The Balaban J connectivity index is 2.42. The highest BCUT2D eigenvalue weighted by Gasteiger charge is 2.26. The lowest BCUT2D eigenvalue weighted by atomic mass is 9.99. The maximum atomic E-state index is 12.8. The number of hydrogen-bond donors (Lipinski definition) is 1. The Hall–Kier alpha value is -2.77. The Kier molecular flexibility index (Phi) is 9.12. The maximum absolute atomic E-state index is 12.8. The van der Waals surface area contributed by atoms with Crippen LogP contribution in [0.4, 0.5) is 4.39 Å². The second-order valence-corrected chi connectivity index (χ2v) is 6.04. The van der Waals surface area contributed by atoms with Crippen LogP contribution in [0.25, 0.3) is 0 Å². The Labute approximate surface area is 157 Å². The standard InChI is InChI=1S/C19H24FNO6/c1-4-12(2)18(19(25)26-3)21-16(23)11-27-17(24)10-9-15(22)13-5-7-14(20)8-6-13/h5-8,12,18H,4,9-11H2,1-3H3,(H,21,23)/t12-,18+/m0/s1. The molecule has 0 radical (unpaired) electrons. The largest absolute Gasteiger partial charge is 0.467 e. The first-order valence-corrected chi connectivity index (χ1v) is 8.60. The van der Waals surface area contributed by atoms with Gasteiger partial charge in [-0.15, -0.1) is 0 Å². The van der Waals surface area contributed by atoms with Crippen molar-refractivity contribution < 1.29 is 33.0 Å². The fraction of sp³-hybridized carbons (Fsp3) is 0.474. The van der Waals surface area contributed by atoms with Crippen molar-refractivity contribution in [2.45, 2.75) is 39.2 Å². The zero-order valence-corrected chi connectivity index (χ0v) is 15.6. The number of ether oxygens (including phenoxy) is 2. The molecule has 1 N–H and O–H groups in total. The third-order valence-corrected chi connectivity index (χ3v) is 4.07. The molecule has 8 heteroatoms. The van der Waals surface area contributed by atoms with Gasteiger partial charge in [0, 0.05) is 12.0 Å². The number of halogens is 1. The molecule has 148 valence electrons. The quantitative estimate of drug-likeness (QED) is 0.492. The smallest absolute Gasteiger partial charge is 0.328 e. The molecule has 1 amide bonds. The highest BCUT2D eigenvalue weighted by atomic mass is 19.1. The van der Waals surface area contributed by atoms with Crippen molar-refractivity contribution in [3.8, 4) is 0 Å². The number of amides is 1. The summed E-state index contributed by atoms with van der Waals surface area (Å²) in [6.45, 7) is 3.09. The minimum Gasteiger partial charge on any atom is -0.467 e. The number of rotatable bonds is 10. The molecule has 0 saturated heterocycles. The molecule has 0 bridgehead atoms. The number of Topliss-reactive ketones (excluding diaryl/α,β-unsaturated/α-hetero) is 1. The summed E-state index contributed by atoms with van der Waals surface area (Å²) in [5.41, 5.74) is 0.288. The zero-order valence-electron chi connectivity index (χ0n) is 15.6. The number of benzene rings is 1. The molecular formula is C19H24FNO6. The van der Waals surface area contributed by atoms with Gasteiger partial charge >= 0.3 is 11.9 Å². The summed E-state index contributed by atoms with van der Waals surface area (Å²) in [5.74, 6) is -2.87. The van der Waals surface area contributed by atoms with E-state index in [0.29, 0.717) is 6.42 Å². The topological polar surface area (TPSA) is 98.8 Å². The van der Waals surface area contributed by atoms with Crippen LogP contribution in [-0.2, 0) is 23.9 Å². The van der Waals surface area contributed by atoms with Crippen molar-refractivity contribution in [2.75, 3.05) is 13.7 Å². The predicted molar refractivity (Wildman–Crippen MR) is 94.3 cm³/mol. The van der Waals surface area contributed by atoms with E-state index in [1.54, 1.807) is 6.92 Å². The first-order chi connectivity index (χ1) is 12.8. The number of nitrogens with one attached hydrogen (secondary N) is 1. The molecule has 1 rings (SSSR count). The number of esters is 2. The zero-order chi connectivity index (χ0) is 20.4. The minimum absolute atomic E-state index is 0.121. The molecule has 0 unspecified atom stereocenters. The summed E-state index contributed by atoms with van der Waals surface area (Å²) in [6, 6.07) is 4.15. The third kappa shape index (κ3) is 7.55. The molecule has 0 saturated carbocycles. The second-order valence-electron chi connectivity index (χ2n) is 6.04. The van der Waals surface area contributed by atoms with E-state index < -0.39 is 36.3 Å². The van der Waals surface area contributed by atoms with E-state index in [1.165, 1.54) is 19.2 Å². The van der Waals surface area contributed by atoms with E-state index in [-0.39, 0.29) is 30.1 Å². The molecule has 27 heavy (non-hydrogen) atoms. The van der Waals surface area contributed by atoms with Gasteiger partial charge in [-0.05, 0) is 30.2 Å². The van der Waals surface area contributed by atoms with Crippen LogP contribution in [0, 0.1) is 11.7 Å². The van der Waals surface area contributed by atoms with Gasteiger partial charge in [0.2, 0.25) is 0 Å². The Morgan fingerprint density at radius 3 is 2.30 bits per heavy atom. The highest BCUT2D eigenvalue weighted by Crippen LogP contribution is 2.10. The van der Waals surface area contributed by atoms with Crippen LogP contribution in [0.2, 0.25) is 0 Å². The number of ketones is 1. The Bertz CT molecular complexity index is 673. The predicted octanol–water partition coefficient (Wildman–Crippen LogP) is 2.04. The minimum atomic E-state index is -0.828. The lowest BCUT2D eigenvalue weighted by Crippen LogP contribution is -2.47. The van der Waals surface area contributed by atoms with Gasteiger partial charge in [-0.1, -0.05) is 20.3 Å². The average Bonchev–Trinajstić information content (AvgIpc) is 2.67. The first kappa shape index (κ1) is 22.3. The van der Waals surface area contributed by atoms with Crippen LogP contribution in [0.5, 0.6) is 0 Å². The number of carbonyl (C=O) groups excluding carboxylic acids is 4. The van der Waals surface area contributed by atoms with Gasteiger partial charge in [0.1, 0.15) is 11.9 Å². The third-order valence-electron chi connectivity index (χ3n) is 4.07. The van der Waals surface area contributed by atoms with Crippen molar-refractivity contribution in [3.63, 3.8) is 0 Å². The first-order valence-electron chi connectivity index (χ1n) is 8.60. The van der Waals surface area contributed by atoms with Gasteiger partial charge in [0.15, 0.2) is 12.4 Å². The highest BCUT2D eigenvalue weighted by molar-refractivity contribution is 5.97. The summed E-state index contributed by atoms with van der Waals surface area (Å²) >= 11 is 0. The van der Waals surface area contributed by atoms with E-state index in [9.17, 15) is 23.6 Å². The molecule has 0 fully saturated rings. The van der Waals surface area contributed by atoms with Crippen LogP contribution >= 0.6 is 0 Å². The number of hydrogen-bond acceptors (Lipinski definition) is 6. The monoisotopic (exact) mass is 381 g/mol.